The molecule has 0 rings (SSSR count). The summed E-state index contributed by atoms with van der Waals surface area (Å²) in [5.41, 5.74) is 0. The van der Waals surface area contributed by atoms with E-state index in [1.807, 2.05) is 0 Å². The van der Waals surface area contributed by atoms with Crippen LogP contribution in [0.3, 0.4) is 0 Å². The zero-order valence-corrected chi connectivity index (χ0v) is 29.2. The predicted octanol–water partition coefficient (Wildman–Crippen LogP) is 3.01. The minimum Gasteiger partial charge on any atom is -0.469 e. The molecule has 0 aliphatic rings. The van der Waals surface area contributed by atoms with Crippen LogP contribution in [-0.4, -0.2) is 158 Å². The highest BCUT2D eigenvalue weighted by molar-refractivity contribution is 5.69. The average Bonchev–Trinajstić information content (AvgIpc) is 3.08. The molecule has 0 saturated heterocycles. The zero-order chi connectivity index (χ0) is 34.1. The van der Waals surface area contributed by atoms with Gasteiger partial charge in [0.1, 0.15) is 6.61 Å². The molecule has 0 radical (unpaired) electrons. The number of ether oxygens (including phenoxy) is 12. The number of hydrogen-bond donors (Lipinski definition) is 0. The molecule has 280 valence electrons. The molecule has 0 atom stereocenters. The van der Waals surface area contributed by atoms with E-state index in [1.165, 1.54) is 32.8 Å². The van der Waals surface area contributed by atoms with E-state index in [0.717, 1.165) is 12.8 Å². The van der Waals surface area contributed by atoms with Crippen LogP contribution in [0.2, 0.25) is 0 Å². The lowest BCUT2D eigenvalue weighted by Gasteiger charge is -2.09. The summed E-state index contributed by atoms with van der Waals surface area (Å²) < 4.78 is 63.9. The molecule has 0 aromatic carbocycles. The lowest BCUT2D eigenvalue weighted by Crippen LogP contribution is -2.15. The Morgan fingerprint density at radius 2 is 0.638 bits per heavy atom. The number of rotatable bonds is 40. The van der Waals surface area contributed by atoms with Gasteiger partial charge in [-0.25, -0.2) is 0 Å². The van der Waals surface area contributed by atoms with E-state index in [9.17, 15) is 9.59 Å². The van der Waals surface area contributed by atoms with Crippen LogP contribution in [-0.2, 0) is 66.4 Å². The predicted molar refractivity (Wildman–Crippen MR) is 174 cm³/mol. The minimum atomic E-state index is -0.288. The molecular formula is C33H64O14. The van der Waals surface area contributed by atoms with Crippen molar-refractivity contribution < 1.29 is 66.4 Å². The Morgan fingerprint density at radius 3 is 0.979 bits per heavy atom. The molecule has 0 aromatic heterocycles. The zero-order valence-electron chi connectivity index (χ0n) is 29.2. The molecule has 0 aliphatic carbocycles. The van der Waals surface area contributed by atoms with Gasteiger partial charge in [-0.2, -0.15) is 0 Å². The summed E-state index contributed by atoms with van der Waals surface area (Å²) in [7, 11) is 1.35. The van der Waals surface area contributed by atoms with Crippen molar-refractivity contribution in [1.82, 2.24) is 0 Å². The summed E-state index contributed by atoms with van der Waals surface area (Å²) in [4.78, 5) is 22.6. The van der Waals surface area contributed by atoms with Crippen molar-refractivity contribution in [3.05, 3.63) is 0 Å². The van der Waals surface area contributed by atoms with Crippen LogP contribution in [0, 0.1) is 0 Å². The Balaban J connectivity index is 3.10. The third-order valence-corrected chi connectivity index (χ3v) is 6.25. The van der Waals surface area contributed by atoms with E-state index in [2.05, 4.69) is 11.7 Å². The third-order valence-electron chi connectivity index (χ3n) is 6.25. The number of unbranched alkanes of at least 4 members (excludes halogenated alkanes) is 5. The van der Waals surface area contributed by atoms with Gasteiger partial charge in [-0.1, -0.05) is 39.0 Å². The van der Waals surface area contributed by atoms with Crippen LogP contribution in [0.4, 0.5) is 0 Å². The van der Waals surface area contributed by atoms with Gasteiger partial charge in [0, 0.05) is 6.42 Å². The van der Waals surface area contributed by atoms with Crippen molar-refractivity contribution in [2.24, 2.45) is 0 Å². The van der Waals surface area contributed by atoms with Crippen LogP contribution < -0.4 is 0 Å². The van der Waals surface area contributed by atoms with E-state index in [-0.39, 0.29) is 25.0 Å². The van der Waals surface area contributed by atoms with Gasteiger partial charge in [0.2, 0.25) is 0 Å². The van der Waals surface area contributed by atoms with Gasteiger partial charge in [-0.05, 0) is 6.42 Å². The molecule has 0 spiro atoms. The lowest BCUT2D eigenvalue weighted by atomic mass is 10.1. The van der Waals surface area contributed by atoms with E-state index in [4.69, 9.17) is 52.1 Å². The average molecular weight is 685 g/mol. The van der Waals surface area contributed by atoms with Crippen LogP contribution in [0.5, 0.6) is 0 Å². The third kappa shape index (κ3) is 40.6. The summed E-state index contributed by atoms with van der Waals surface area (Å²) in [5.74, 6) is -0.435. The quantitative estimate of drug-likeness (QED) is 0.0689. The fraction of sp³-hybridized carbons (Fsp3) is 0.939. The van der Waals surface area contributed by atoms with Crippen LogP contribution in [0.15, 0.2) is 0 Å². The minimum absolute atomic E-state index is 0.147. The van der Waals surface area contributed by atoms with E-state index in [0.29, 0.717) is 139 Å². The van der Waals surface area contributed by atoms with Crippen molar-refractivity contribution in [2.75, 3.05) is 146 Å². The highest BCUT2D eigenvalue weighted by Crippen LogP contribution is 2.07. The summed E-state index contributed by atoms with van der Waals surface area (Å²) in [6.45, 7) is 11.8. The van der Waals surface area contributed by atoms with Gasteiger partial charge in [-0.3, -0.25) is 9.59 Å². The summed E-state index contributed by atoms with van der Waals surface area (Å²) in [6.07, 6.45) is 7.65. The van der Waals surface area contributed by atoms with Gasteiger partial charge in [0.05, 0.1) is 146 Å². The Labute approximate surface area is 282 Å². The van der Waals surface area contributed by atoms with Crippen LogP contribution in [0.1, 0.15) is 58.3 Å². The fourth-order valence-electron chi connectivity index (χ4n) is 3.68. The topological polar surface area (TPSA) is 145 Å². The van der Waals surface area contributed by atoms with Gasteiger partial charge in [0.15, 0.2) is 0 Å². The summed E-state index contributed by atoms with van der Waals surface area (Å²) in [5, 5.41) is 0. The standard InChI is InChI=1S/C33H64O14/c1-3-4-5-6-7-8-9-33(35)47-31-30-46-29-28-45-27-26-44-25-24-43-23-22-42-21-20-41-19-18-40-17-16-39-15-14-38-13-12-37-11-10-32(34)36-2/h3-31H2,1-2H3. The Hall–Kier alpha value is -1.46. The van der Waals surface area contributed by atoms with E-state index < -0.39 is 0 Å². The second-order valence-electron chi connectivity index (χ2n) is 10.2. The van der Waals surface area contributed by atoms with Gasteiger partial charge in [0.25, 0.3) is 0 Å². The molecule has 47 heavy (non-hydrogen) atoms. The Kier molecular flexibility index (Phi) is 39.4. The molecule has 14 heteroatoms. The Morgan fingerprint density at radius 1 is 0.340 bits per heavy atom. The maximum atomic E-state index is 11.7. The molecule has 0 saturated carbocycles. The summed E-state index contributed by atoms with van der Waals surface area (Å²) >= 11 is 0. The molecule has 0 amide bonds. The largest absolute Gasteiger partial charge is 0.469 e. The van der Waals surface area contributed by atoms with Crippen molar-refractivity contribution in [2.45, 2.75) is 58.3 Å². The first-order valence-corrected chi connectivity index (χ1v) is 17.2. The second kappa shape index (κ2) is 40.7. The number of methoxy groups -OCH3 is 1. The van der Waals surface area contributed by atoms with Crippen molar-refractivity contribution in [3.63, 3.8) is 0 Å². The highest BCUT2D eigenvalue weighted by atomic mass is 16.6. The fourth-order valence-corrected chi connectivity index (χ4v) is 3.68. The van der Waals surface area contributed by atoms with Gasteiger partial charge < -0.3 is 56.8 Å². The first kappa shape index (κ1) is 45.5. The molecule has 0 N–H and O–H groups in total. The molecule has 0 fully saturated rings. The number of hydrogen-bond acceptors (Lipinski definition) is 14. The summed E-state index contributed by atoms with van der Waals surface area (Å²) in [6, 6.07) is 0. The second-order valence-corrected chi connectivity index (χ2v) is 10.2. The van der Waals surface area contributed by atoms with E-state index >= 15 is 0 Å². The van der Waals surface area contributed by atoms with Crippen molar-refractivity contribution >= 4 is 11.9 Å². The molecule has 0 bridgehead atoms. The van der Waals surface area contributed by atoms with Gasteiger partial charge in [-0.15, -0.1) is 0 Å². The number of carbonyl (C=O) groups excluding carboxylic acids is 2. The number of esters is 2. The first-order chi connectivity index (χ1) is 23.2. The lowest BCUT2D eigenvalue weighted by molar-refractivity contribution is -0.145. The van der Waals surface area contributed by atoms with Gasteiger partial charge >= 0.3 is 11.9 Å². The maximum absolute atomic E-state index is 11.7. The van der Waals surface area contributed by atoms with Crippen molar-refractivity contribution in [1.29, 1.82) is 0 Å². The monoisotopic (exact) mass is 684 g/mol. The van der Waals surface area contributed by atoms with Crippen LogP contribution in [0.25, 0.3) is 0 Å². The molecule has 14 nitrogen and oxygen atoms in total. The SMILES string of the molecule is CCCCCCCCC(=O)OCCOCCOCCOCCOCCOCCOCCOCCOCCOCCOCCC(=O)OC. The molecule has 0 aromatic rings. The van der Waals surface area contributed by atoms with E-state index in [1.54, 1.807) is 0 Å². The van der Waals surface area contributed by atoms with Crippen molar-refractivity contribution in [3.8, 4) is 0 Å². The first-order valence-electron chi connectivity index (χ1n) is 17.2. The Bertz CT molecular complexity index is 640. The molecular weight excluding hydrogens is 620 g/mol. The highest BCUT2D eigenvalue weighted by Gasteiger charge is 2.03. The molecule has 0 heterocycles. The molecule has 0 unspecified atom stereocenters. The van der Waals surface area contributed by atoms with Crippen LogP contribution >= 0.6 is 0 Å². The maximum Gasteiger partial charge on any atom is 0.307 e. The normalized spacial score (nSPS) is 11.3. The smallest absolute Gasteiger partial charge is 0.307 e. The number of carbonyl (C=O) groups is 2. The molecule has 0 aliphatic heterocycles.